The Labute approximate surface area is 153 Å². The normalized spacial score (nSPS) is 11.3. The van der Waals surface area contributed by atoms with E-state index in [2.05, 4.69) is 14.7 Å². The molecule has 0 saturated carbocycles. The van der Waals surface area contributed by atoms with Crippen LogP contribution in [0.15, 0.2) is 71.8 Å². The molecule has 3 rings (SSSR count). The quantitative estimate of drug-likeness (QED) is 0.724. The molecule has 1 N–H and O–H groups in total. The third-order valence-electron chi connectivity index (χ3n) is 3.82. The zero-order valence-corrected chi connectivity index (χ0v) is 15.4. The molecule has 0 radical (unpaired) electrons. The van der Waals surface area contributed by atoms with Gasteiger partial charge in [-0.2, -0.15) is 0 Å². The van der Waals surface area contributed by atoms with Crippen LogP contribution in [0.4, 0.5) is 5.95 Å². The highest BCUT2D eigenvalue weighted by Crippen LogP contribution is 2.21. The Hall–Kier alpha value is -2.77. The molecule has 2 aromatic carbocycles. The van der Waals surface area contributed by atoms with Gasteiger partial charge in [-0.1, -0.05) is 42.5 Å². The average Bonchev–Trinajstić information content (AvgIpc) is 2.67. The molecule has 0 amide bonds. The summed E-state index contributed by atoms with van der Waals surface area (Å²) in [6.45, 7) is 0.103. The van der Waals surface area contributed by atoms with E-state index < -0.39 is 10.0 Å². The Morgan fingerprint density at radius 1 is 0.923 bits per heavy atom. The summed E-state index contributed by atoms with van der Waals surface area (Å²) in [6.07, 6.45) is 1.61. The molecule has 0 bridgehead atoms. The molecule has 1 aromatic heterocycles. The van der Waals surface area contributed by atoms with Gasteiger partial charge in [0.25, 0.3) is 0 Å². The summed E-state index contributed by atoms with van der Waals surface area (Å²) in [5, 5.41) is 0. The van der Waals surface area contributed by atoms with Crippen molar-refractivity contribution in [1.29, 1.82) is 0 Å². The predicted octanol–water partition coefficient (Wildman–Crippen LogP) is 2.69. The Balaban J connectivity index is 1.73. The fourth-order valence-corrected chi connectivity index (χ4v) is 3.41. The summed E-state index contributed by atoms with van der Waals surface area (Å²) < 4.78 is 27.6. The van der Waals surface area contributed by atoms with Gasteiger partial charge in [-0.25, -0.2) is 23.1 Å². The molecule has 0 aliphatic carbocycles. The van der Waals surface area contributed by atoms with E-state index in [-0.39, 0.29) is 11.4 Å². The smallest absolute Gasteiger partial charge is 0.240 e. The van der Waals surface area contributed by atoms with Gasteiger partial charge in [0.1, 0.15) is 0 Å². The Morgan fingerprint density at radius 3 is 2.23 bits per heavy atom. The number of benzene rings is 2. The van der Waals surface area contributed by atoms with Crippen molar-refractivity contribution >= 4 is 16.0 Å². The van der Waals surface area contributed by atoms with Crippen LogP contribution in [0.25, 0.3) is 11.1 Å². The van der Waals surface area contributed by atoms with Gasteiger partial charge >= 0.3 is 0 Å². The van der Waals surface area contributed by atoms with Gasteiger partial charge in [0, 0.05) is 20.3 Å². The van der Waals surface area contributed by atoms with Crippen molar-refractivity contribution < 1.29 is 8.42 Å². The van der Waals surface area contributed by atoms with E-state index in [1.165, 1.54) is 0 Å². The first-order chi connectivity index (χ1) is 12.5. The molecule has 0 spiro atoms. The van der Waals surface area contributed by atoms with Gasteiger partial charge in [-0.05, 0) is 29.3 Å². The average molecular weight is 368 g/mol. The maximum Gasteiger partial charge on any atom is 0.240 e. The fraction of sp³-hybridized carbons (Fsp3) is 0.158. The molecule has 0 fully saturated rings. The number of nitrogens with one attached hydrogen (secondary N) is 1. The van der Waals surface area contributed by atoms with Gasteiger partial charge in [-0.15, -0.1) is 0 Å². The van der Waals surface area contributed by atoms with Crippen LogP contribution < -0.4 is 9.62 Å². The summed E-state index contributed by atoms with van der Waals surface area (Å²) in [5.74, 6) is 0.536. The third kappa shape index (κ3) is 4.25. The molecular formula is C19H20N4O2S. The highest BCUT2D eigenvalue weighted by molar-refractivity contribution is 7.89. The van der Waals surface area contributed by atoms with Crippen LogP contribution in [0, 0.1) is 0 Å². The second kappa shape index (κ2) is 7.63. The standard InChI is InChI=1S/C19H20N4O2S/c1-23(2)19-20-13-12-17(22-19)14-21-26(24,25)18-10-8-16(9-11-18)15-6-4-3-5-7-15/h3-13,21H,14H2,1-2H3. The van der Waals surface area contributed by atoms with Crippen LogP contribution in [0.1, 0.15) is 5.69 Å². The van der Waals surface area contributed by atoms with Crippen molar-refractivity contribution in [2.75, 3.05) is 19.0 Å². The minimum atomic E-state index is -3.61. The van der Waals surface area contributed by atoms with Gasteiger partial charge < -0.3 is 4.90 Å². The van der Waals surface area contributed by atoms with Gasteiger partial charge in [0.15, 0.2) is 0 Å². The summed E-state index contributed by atoms with van der Waals surface area (Å²) in [7, 11) is 0.0473. The Bertz CT molecular complexity index is 972. The van der Waals surface area contributed by atoms with E-state index in [0.29, 0.717) is 11.6 Å². The lowest BCUT2D eigenvalue weighted by Gasteiger charge is -2.11. The van der Waals surface area contributed by atoms with Gasteiger partial charge in [0.2, 0.25) is 16.0 Å². The van der Waals surface area contributed by atoms with E-state index >= 15 is 0 Å². The van der Waals surface area contributed by atoms with Crippen molar-refractivity contribution in [3.63, 3.8) is 0 Å². The second-order valence-corrected chi connectivity index (χ2v) is 7.72. The van der Waals surface area contributed by atoms with Crippen molar-refractivity contribution in [2.45, 2.75) is 11.4 Å². The van der Waals surface area contributed by atoms with Crippen molar-refractivity contribution in [3.05, 3.63) is 72.6 Å². The van der Waals surface area contributed by atoms with E-state index in [4.69, 9.17) is 0 Å². The Kier molecular flexibility index (Phi) is 5.29. The molecule has 7 heteroatoms. The summed E-state index contributed by atoms with van der Waals surface area (Å²) in [4.78, 5) is 10.4. The zero-order valence-electron chi connectivity index (χ0n) is 14.6. The first-order valence-corrected chi connectivity index (χ1v) is 9.58. The number of hydrogen-bond acceptors (Lipinski definition) is 5. The maximum absolute atomic E-state index is 12.5. The number of aromatic nitrogens is 2. The van der Waals surface area contributed by atoms with E-state index in [1.807, 2.05) is 44.4 Å². The minimum absolute atomic E-state index is 0.103. The van der Waals surface area contributed by atoms with E-state index in [9.17, 15) is 8.42 Å². The maximum atomic E-state index is 12.5. The lowest BCUT2D eigenvalue weighted by atomic mass is 10.1. The number of sulfonamides is 1. The monoisotopic (exact) mass is 368 g/mol. The molecule has 0 aliphatic rings. The van der Waals surface area contributed by atoms with E-state index in [1.54, 1.807) is 41.4 Å². The molecule has 3 aromatic rings. The number of rotatable bonds is 6. The lowest BCUT2D eigenvalue weighted by Crippen LogP contribution is -2.24. The van der Waals surface area contributed by atoms with Gasteiger partial charge in [-0.3, -0.25) is 0 Å². The van der Waals surface area contributed by atoms with Crippen LogP contribution >= 0.6 is 0 Å². The topological polar surface area (TPSA) is 75.2 Å². The molecule has 26 heavy (non-hydrogen) atoms. The second-order valence-electron chi connectivity index (χ2n) is 5.96. The third-order valence-corrected chi connectivity index (χ3v) is 5.23. The number of anilines is 1. The highest BCUT2D eigenvalue weighted by atomic mass is 32.2. The number of nitrogens with zero attached hydrogens (tertiary/aromatic N) is 3. The zero-order chi connectivity index (χ0) is 18.6. The summed E-state index contributed by atoms with van der Waals surface area (Å²) in [6, 6.07) is 18.3. The SMILES string of the molecule is CN(C)c1nccc(CNS(=O)(=O)c2ccc(-c3ccccc3)cc2)n1. The minimum Gasteiger partial charge on any atom is -0.347 e. The van der Waals surface area contributed by atoms with Gasteiger partial charge in [0.05, 0.1) is 17.1 Å². The number of hydrogen-bond donors (Lipinski definition) is 1. The fourth-order valence-electron chi connectivity index (χ4n) is 2.41. The Morgan fingerprint density at radius 2 is 1.58 bits per heavy atom. The molecule has 0 unspecified atom stereocenters. The molecule has 0 saturated heterocycles. The lowest BCUT2D eigenvalue weighted by molar-refractivity contribution is 0.580. The first kappa shape index (κ1) is 18.0. The molecular weight excluding hydrogens is 348 g/mol. The van der Waals surface area contributed by atoms with Crippen LogP contribution in [0.3, 0.4) is 0 Å². The largest absolute Gasteiger partial charge is 0.347 e. The first-order valence-electron chi connectivity index (χ1n) is 8.10. The molecule has 134 valence electrons. The summed E-state index contributed by atoms with van der Waals surface area (Å²) >= 11 is 0. The molecule has 0 aliphatic heterocycles. The van der Waals surface area contributed by atoms with Crippen LogP contribution in [0.5, 0.6) is 0 Å². The highest BCUT2D eigenvalue weighted by Gasteiger charge is 2.14. The van der Waals surface area contributed by atoms with Crippen LogP contribution in [0.2, 0.25) is 0 Å². The van der Waals surface area contributed by atoms with Crippen molar-refractivity contribution in [2.24, 2.45) is 0 Å². The summed E-state index contributed by atoms with van der Waals surface area (Å²) in [5.41, 5.74) is 2.62. The molecule has 0 atom stereocenters. The van der Waals surface area contributed by atoms with Crippen molar-refractivity contribution in [1.82, 2.24) is 14.7 Å². The van der Waals surface area contributed by atoms with Crippen LogP contribution in [-0.4, -0.2) is 32.5 Å². The predicted molar refractivity (Wildman–Crippen MR) is 102 cm³/mol. The van der Waals surface area contributed by atoms with Crippen LogP contribution in [-0.2, 0) is 16.6 Å². The van der Waals surface area contributed by atoms with E-state index in [0.717, 1.165) is 11.1 Å². The molecule has 6 nitrogen and oxygen atoms in total. The molecule has 1 heterocycles. The van der Waals surface area contributed by atoms with Crippen molar-refractivity contribution in [3.8, 4) is 11.1 Å².